The van der Waals surface area contributed by atoms with Crippen molar-refractivity contribution < 1.29 is 0 Å². The van der Waals surface area contributed by atoms with Gasteiger partial charge in [0.25, 0.3) is 0 Å². The molecule has 1 rings (SSSR count). The fourth-order valence-corrected chi connectivity index (χ4v) is 1.59. The molecule has 16 heavy (non-hydrogen) atoms. The Morgan fingerprint density at radius 2 is 2.00 bits per heavy atom. The Morgan fingerprint density at radius 1 is 1.38 bits per heavy atom. The number of hydrogen-bond donors (Lipinski definition) is 1. The van der Waals surface area contributed by atoms with Gasteiger partial charge in [-0.15, -0.1) is 0 Å². The molecule has 0 spiro atoms. The molecule has 1 heterocycles. The van der Waals surface area contributed by atoms with Crippen LogP contribution in [0.1, 0.15) is 20.8 Å². The fourth-order valence-electron chi connectivity index (χ4n) is 1.37. The third kappa shape index (κ3) is 2.76. The van der Waals surface area contributed by atoms with Gasteiger partial charge < -0.3 is 10.2 Å². The molecule has 0 saturated carbocycles. The van der Waals surface area contributed by atoms with Crippen molar-refractivity contribution in [3.05, 3.63) is 11.2 Å². The zero-order chi connectivity index (χ0) is 12.3. The molecule has 0 radical (unpaired) electrons. The Hall–Kier alpha value is -1.03. The number of aromatic nitrogens is 2. The predicted octanol–water partition coefficient (Wildman–Crippen LogP) is 2.65. The second kappa shape index (κ2) is 5.34. The highest BCUT2D eigenvalue weighted by molar-refractivity contribution is 6.32. The van der Waals surface area contributed by atoms with Gasteiger partial charge in [-0.05, 0) is 12.8 Å². The van der Waals surface area contributed by atoms with E-state index < -0.39 is 0 Å². The highest BCUT2D eigenvalue weighted by atomic mass is 35.5. The maximum absolute atomic E-state index is 6.10. The van der Waals surface area contributed by atoms with E-state index in [9.17, 15) is 0 Å². The Bertz CT molecular complexity index is 354. The van der Waals surface area contributed by atoms with E-state index in [0.29, 0.717) is 22.9 Å². The van der Waals surface area contributed by atoms with E-state index >= 15 is 0 Å². The molecule has 0 fully saturated rings. The van der Waals surface area contributed by atoms with Gasteiger partial charge in [-0.3, -0.25) is 0 Å². The zero-order valence-electron chi connectivity index (χ0n) is 10.5. The first-order valence-corrected chi connectivity index (χ1v) is 5.78. The van der Waals surface area contributed by atoms with E-state index in [1.165, 1.54) is 0 Å². The van der Waals surface area contributed by atoms with Crippen LogP contribution >= 0.6 is 11.6 Å². The molecule has 5 heteroatoms. The summed E-state index contributed by atoms with van der Waals surface area (Å²) >= 11 is 6.10. The lowest BCUT2D eigenvalue weighted by Crippen LogP contribution is -2.34. The highest BCUT2D eigenvalue weighted by Crippen LogP contribution is 2.25. The van der Waals surface area contributed by atoms with E-state index in [-0.39, 0.29) is 0 Å². The number of rotatable bonds is 4. The third-order valence-electron chi connectivity index (χ3n) is 2.86. The average molecular weight is 243 g/mol. The van der Waals surface area contributed by atoms with Crippen molar-refractivity contribution in [2.45, 2.75) is 26.8 Å². The molecule has 0 aliphatic rings. The van der Waals surface area contributed by atoms with Gasteiger partial charge in [-0.2, -0.15) is 4.98 Å². The molecule has 1 aromatic rings. The number of anilines is 2. The van der Waals surface area contributed by atoms with Crippen LogP contribution in [-0.2, 0) is 0 Å². The van der Waals surface area contributed by atoms with E-state index in [1.54, 1.807) is 13.2 Å². The summed E-state index contributed by atoms with van der Waals surface area (Å²) in [6, 6.07) is 0.372. The van der Waals surface area contributed by atoms with Crippen molar-refractivity contribution in [3.63, 3.8) is 0 Å². The second-order valence-corrected chi connectivity index (χ2v) is 4.62. The Kier molecular flexibility index (Phi) is 4.35. The number of nitrogens with zero attached hydrogens (tertiary/aromatic N) is 3. The normalized spacial score (nSPS) is 12.7. The van der Waals surface area contributed by atoms with Crippen molar-refractivity contribution in [2.75, 3.05) is 24.3 Å². The molecule has 0 amide bonds. The molecule has 4 nitrogen and oxygen atoms in total. The quantitative estimate of drug-likeness (QED) is 0.882. The van der Waals surface area contributed by atoms with Crippen LogP contribution in [0.5, 0.6) is 0 Å². The minimum Gasteiger partial charge on any atom is -0.357 e. The first-order chi connectivity index (χ1) is 7.47. The van der Waals surface area contributed by atoms with E-state index in [1.807, 2.05) is 7.05 Å². The molecule has 90 valence electrons. The van der Waals surface area contributed by atoms with E-state index in [4.69, 9.17) is 11.6 Å². The zero-order valence-corrected chi connectivity index (χ0v) is 11.2. The first kappa shape index (κ1) is 13.0. The summed E-state index contributed by atoms with van der Waals surface area (Å²) in [4.78, 5) is 10.5. The summed E-state index contributed by atoms with van der Waals surface area (Å²) in [5.74, 6) is 1.89. The van der Waals surface area contributed by atoms with Gasteiger partial charge in [-0.1, -0.05) is 25.4 Å². The average Bonchev–Trinajstić information content (AvgIpc) is 2.27. The lowest BCUT2D eigenvalue weighted by Gasteiger charge is -2.29. The molecular formula is C11H19ClN4. The highest BCUT2D eigenvalue weighted by Gasteiger charge is 2.17. The summed E-state index contributed by atoms with van der Waals surface area (Å²) in [6.07, 6.45) is 1.62. The molecule has 0 saturated heterocycles. The number of halogens is 1. The maximum atomic E-state index is 6.10. The molecule has 0 aliphatic carbocycles. The predicted molar refractivity (Wildman–Crippen MR) is 69.3 cm³/mol. The number of nitrogens with one attached hydrogen (secondary N) is 1. The fraction of sp³-hybridized carbons (Fsp3) is 0.636. The van der Waals surface area contributed by atoms with Gasteiger partial charge in [0.05, 0.1) is 6.20 Å². The van der Waals surface area contributed by atoms with Crippen LogP contribution in [0.2, 0.25) is 5.02 Å². The van der Waals surface area contributed by atoms with Gasteiger partial charge >= 0.3 is 0 Å². The van der Waals surface area contributed by atoms with Crippen LogP contribution in [0, 0.1) is 5.92 Å². The van der Waals surface area contributed by atoms with Crippen molar-refractivity contribution in [1.82, 2.24) is 9.97 Å². The summed E-state index contributed by atoms with van der Waals surface area (Å²) in [6.45, 7) is 6.51. The van der Waals surface area contributed by atoms with Gasteiger partial charge in [0.1, 0.15) is 5.02 Å². The number of hydrogen-bond acceptors (Lipinski definition) is 4. The first-order valence-electron chi connectivity index (χ1n) is 5.40. The standard InChI is InChI=1S/C11H19ClN4/c1-7(2)8(3)16(5)10-9(12)6-14-11(13-4)15-10/h6-8H,1-5H3,(H,13,14,15). The van der Waals surface area contributed by atoms with Crippen LogP contribution in [0.25, 0.3) is 0 Å². The smallest absolute Gasteiger partial charge is 0.224 e. The van der Waals surface area contributed by atoms with Crippen molar-refractivity contribution in [2.24, 2.45) is 5.92 Å². The van der Waals surface area contributed by atoms with Crippen LogP contribution in [0.15, 0.2) is 6.20 Å². The molecular weight excluding hydrogens is 224 g/mol. The minimum atomic E-state index is 0.372. The Balaban J connectivity index is 3.02. The summed E-state index contributed by atoms with van der Waals surface area (Å²) in [7, 11) is 3.79. The summed E-state index contributed by atoms with van der Waals surface area (Å²) < 4.78 is 0. The summed E-state index contributed by atoms with van der Waals surface area (Å²) in [5.41, 5.74) is 0. The Morgan fingerprint density at radius 3 is 2.50 bits per heavy atom. The molecule has 0 bridgehead atoms. The van der Waals surface area contributed by atoms with Gasteiger partial charge in [0.15, 0.2) is 5.82 Å². The topological polar surface area (TPSA) is 41.1 Å². The molecule has 1 unspecified atom stereocenters. The van der Waals surface area contributed by atoms with E-state index in [2.05, 4.69) is 41.0 Å². The van der Waals surface area contributed by atoms with Gasteiger partial charge in [-0.25, -0.2) is 4.98 Å². The Labute approximate surface area is 102 Å². The van der Waals surface area contributed by atoms with Crippen LogP contribution in [-0.4, -0.2) is 30.1 Å². The van der Waals surface area contributed by atoms with Gasteiger partial charge in [0, 0.05) is 20.1 Å². The summed E-state index contributed by atoms with van der Waals surface area (Å²) in [5, 5.41) is 3.49. The minimum absolute atomic E-state index is 0.372. The van der Waals surface area contributed by atoms with Gasteiger partial charge in [0.2, 0.25) is 5.95 Å². The molecule has 0 aromatic carbocycles. The van der Waals surface area contributed by atoms with Crippen molar-refractivity contribution >= 4 is 23.4 Å². The monoisotopic (exact) mass is 242 g/mol. The lowest BCUT2D eigenvalue weighted by molar-refractivity contribution is 0.502. The third-order valence-corrected chi connectivity index (χ3v) is 3.13. The van der Waals surface area contributed by atoms with Crippen molar-refractivity contribution in [1.29, 1.82) is 0 Å². The molecule has 0 aliphatic heterocycles. The SMILES string of the molecule is CNc1ncc(Cl)c(N(C)C(C)C(C)C)n1. The maximum Gasteiger partial charge on any atom is 0.224 e. The van der Waals surface area contributed by atoms with Crippen molar-refractivity contribution in [3.8, 4) is 0 Å². The largest absolute Gasteiger partial charge is 0.357 e. The molecule has 1 N–H and O–H groups in total. The lowest BCUT2D eigenvalue weighted by atomic mass is 10.1. The van der Waals surface area contributed by atoms with E-state index in [0.717, 1.165) is 5.82 Å². The van der Waals surface area contributed by atoms with Crippen LogP contribution < -0.4 is 10.2 Å². The molecule has 1 aromatic heterocycles. The second-order valence-electron chi connectivity index (χ2n) is 4.21. The van der Waals surface area contributed by atoms with Crippen LogP contribution in [0.3, 0.4) is 0 Å². The molecule has 1 atom stereocenters. The van der Waals surface area contributed by atoms with Crippen LogP contribution in [0.4, 0.5) is 11.8 Å².